The fraction of sp³-hybridized carbons (Fsp3) is 0.214. The summed E-state index contributed by atoms with van der Waals surface area (Å²) in [7, 11) is 1.55. The maximum absolute atomic E-state index is 12.1. The summed E-state index contributed by atoms with van der Waals surface area (Å²) < 4.78 is 5.13. The van der Waals surface area contributed by atoms with Crippen LogP contribution in [0.2, 0.25) is 0 Å². The quantitative estimate of drug-likeness (QED) is 0.843. The summed E-state index contributed by atoms with van der Waals surface area (Å²) >= 11 is 1.35. The van der Waals surface area contributed by atoms with E-state index in [4.69, 9.17) is 10.5 Å². The van der Waals surface area contributed by atoms with Gasteiger partial charge >= 0.3 is 0 Å². The lowest BCUT2D eigenvalue weighted by Gasteiger charge is -2.08. The first kappa shape index (κ1) is 13.4. The van der Waals surface area contributed by atoms with Crippen molar-refractivity contribution in [3.05, 3.63) is 40.1 Å². The third-order valence-corrected chi connectivity index (χ3v) is 3.73. The van der Waals surface area contributed by atoms with E-state index in [9.17, 15) is 4.79 Å². The summed E-state index contributed by atoms with van der Waals surface area (Å²) in [6, 6.07) is 7.33. The third-order valence-electron chi connectivity index (χ3n) is 2.84. The van der Waals surface area contributed by atoms with Crippen LogP contribution in [0.25, 0.3) is 0 Å². The largest absolute Gasteiger partial charge is 0.495 e. The molecular weight excluding hydrogens is 260 g/mol. The van der Waals surface area contributed by atoms with Crippen molar-refractivity contribution in [3.63, 3.8) is 0 Å². The van der Waals surface area contributed by atoms with Crippen LogP contribution in [0.4, 0.5) is 11.4 Å². The highest BCUT2D eigenvalue weighted by molar-refractivity contribution is 7.12. The van der Waals surface area contributed by atoms with Gasteiger partial charge < -0.3 is 15.8 Å². The lowest BCUT2D eigenvalue weighted by atomic mass is 10.1. The van der Waals surface area contributed by atoms with Crippen molar-refractivity contribution >= 4 is 28.6 Å². The molecule has 0 saturated heterocycles. The molecule has 0 saturated carbocycles. The Morgan fingerprint density at radius 1 is 1.42 bits per heavy atom. The van der Waals surface area contributed by atoms with Gasteiger partial charge in [-0.15, -0.1) is 11.3 Å². The van der Waals surface area contributed by atoms with Crippen molar-refractivity contribution in [2.75, 3.05) is 18.2 Å². The molecule has 0 atom stereocenters. The Morgan fingerprint density at radius 3 is 2.84 bits per heavy atom. The normalized spacial score (nSPS) is 10.2. The number of methoxy groups -OCH3 is 1. The van der Waals surface area contributed by atoms with E-state index in [-0.39, 0.29) is 5.91 Å². The van der Waals surface area contributed by atoms with Crippen LogP contribution in [0.3, 0.4) is 0 Å². The summed E-state index contributed by atoms with van der Waals surface area (Å²) in [5.41, 5.74) is 8.37. The van der Waals surface area contributed by atoms with E-state index in [0.717, 1.165) is 12.0 Å². The van der Waals surface area contributed by atoms with Crippen LogP contribution < -0.4 is 15.8 Å². The molecule has 1 heterocycles. The second-order valence-electron chi connectivity index (χ2n) is 4.04. The number of hydrogen-bond donors (Lipinski definition) is 2. The third kappa shape index (κ3) is 2.88. The molecule has 3 N–H and O–H groups in total. The van der Waals surface area contributed by atoms with E-state index in [1.54, 1.807) is 19.2 Å². The molecule has 0 aliphatic heterocycles. The molecule has 0 spiro atoms. The average molecular weight is 276 g/mol. The highest BCUT2D eigenvalue weighted by atomic mass is 32.1. The van der Waals surface area contributed by atoms with Crippen LogP contribution >= 0.6 is 11.3 Å². The molecule has 100 valence electrons. The average Bonchev–Trinajstić information content (AvgIpc) is 2.87. The van der Waals surface area contributed by atoms with Gasteiger partial charge in [0.05, 0.1) is 7.11 Å². The van der Waals surface area contributed by atoms with Crippen molar-refractivity contribution in [1.29, 1.82) is 0 Å². The lowest BCUT2D eigenvalue weighted by Crippen LogP contribution is -2.11. The predicted octanol–water partition coefficient (Wildman–Crippen LogP) is 3.15. The summed E-state index contributed by atoms with van der Waals surface area (Å²) in [5.74, 6) is 0.399. The topological polar surface area (TPSA) is 64.3 Å². The highest BCUT2D eigenvalue weighted by Gasteiger charge is 2.14. The molecule has 1 aromatic heterocycles. The van der Waals surface area contributed by atoms with Gasteiger partial charge in [-0.1, -0.05) is 13.0 Å². The Hall–Kier alpha value is -2.01. The molecule has 4 nitrogen and oxygen atoms in total. The first-order chi connectivity index (χ1) is 9.15. The summed E-state index contributed by atoms with van der Waals surface area (Å²) in [5, 5.41) is 4.64. The maximum atomic E-state index is 12.1. The SMILES string of the molecule is CCc1ccc(NC(=O)c2sccc2OC)cc1N. The Bertz CT molecular complexity index is 593. The van der Waals surface area contributed by atoms with E-state index in [1.807, 2.05) is 24.4 Å². The van der Waals surface area contributed by atoms with Crippen molar-refractivity contribution in [2.24, 2.45) is 0 Å². The number of carbonyl (C=O) groups excluding carboxylic acids is 1. The highest BCUT2D eigenvalue weighted by Crippen LogP contribution is 2.26. The second-order valence-corrected chi connectivity index (χ2v) is 4.96. The minimum Gasteiger partial charge on any atom is -0.495 e. The molecular formula is C14H16N2O2S. The van der Waals surface area contributed by atoms with Gasteiger partial charge in [-0.25, -0.2) is 0 Å². The van der Waals surface area contributed by atoms with Crippen molar-refractivity contribution < 1.29 is 9.53 Å². The Kier molecular flexibility index (Phi) is 4.06. The number of amides is 1. The molecule has 2 rings (SSSR count). The molecule has 19 heavy (non-hydrogen) atoms. The van der Waals surface area contributed by atoms with Crippen molar-refractivity contribution in [1.82, 2.24) is 0 Å². The van der Waals surface area contributed by atoms with Crippen LogP contribution in [0.1, 0.15) is 22.2 Å². The zero-order valence-corrected chi connectivity index (χ0v) is 11.7. The minimum absolute atomic E-state index is 0.185. The molecule has 5 heteroatoms. The molecule has 1 amide bonds. The number of nitrogen functional groups attached to an aromatic ring is 1. The molecule has 0 aliphatic rings. The van der Waals surface area contributed by atoms with Crippen molar-refractivity contribution in [3.8, 4) is 5.75 Å². The fourth-order valence-corrected chi connectivity index (χ4v) is 2.56. The van der Waals surface area contributed by atoms with Gasteiger partial charge in [0.25, 0.3) is 5.91 Å². The number of hydrogen-bond acceptors (Lipinski definition) is 4. The monoisotopic (exact) mass is 276 g/mol. The van der Waals surface area contributed by atoms with Crippen LogP contribution in [-0.4, -0.2) is 13.0 Å². The Labute approximate surface area is 116 Å². The van der Waals surface area contributed by atoms with Gasteiger partial charge in [0.15, 0.2) is 0 Å². The first-order valence-corrected chi connectivity index (χ1v) is 6.85. The predicted molar refractivity (Wildman–Crippen MR) is 79.1 cm³/mol. The molecule has 0 unspecified atom stereocenters. The van der Waals surface area contributed by atoms with E-state index in [1.165, 1.54) is 11.3 Å². The summed E-state index contributed by atoms with van der Waals surface area (Å²) in [6.07, 6.45) is 0.874. The smallest absolute Gasteiger partial charge is 0.269 e. The molecule has 0 aliphatic carbocycles. The number of nitrogens with one attached hydrogen (secondary N) is 1. The van der Waals surface area contributed by atoms with Crippen LogP contribution in [0.5, 0.6) is 5.75 Å². The van der Waals surface area contributed by atoms with E-state index in [2.05, 4.69) is 5.32 Å². The number of thiophene rings is 1. The van der Waals surface area contributed by atoms with Gasteiger partial charge in [0, 0.05) is 11.4 Å². The summed E-state index contributed by atoms with van der Waals surface area (Å²) in [6.45, 7) is 2.04. The van der Waals surface area contributed by atoms with Gasteiger partial charge in [-0.2, -0.15) is 0 Å². The number of benzene rings is 1. The van der Waals surface area contributed by atoms with E-state index < -0.39 is 0 Å². The first-order valence-electron chi connectivity index (χ1n) is 5.97. The number of ether oxygens (including phenoxy) is 1. The molecule has 1 aromatic carbocycles. The lowest BCUT2D eigenvalue weighted by molar-refractivity contribution is 0.102. The standard InChI is InChI=1S/C14H16N2O2S/c1-3-9-4-5-10(8-11(9)15)16-14(17)13-12(18-2)6-7-19-13/h4-8H,3,15H2,1-2H3,(H,16,17). The van der Waals surface area contributed by atoms with Crippen LogP contribution in [0.15, 0.2) is 29.6 Å². The van der Waals surface area contributed by atoms with Crippen molar-refractivity contribution in [2.45, 2.75) is 13.3 Å². The molecule has 0 bridgehead atoms. The maximum Gasteiger partial charge on any atom is 0.269 e. The van der Waals surface area contributed by atoms with Gasteiger partial charge in [-0.05, 0) is 35.6 Å². The minimum atomic E-state index is -0.185. The number of nitrogens with two attached hydrogens (primary N) is 1. The fourth-order valence-electron chi connectivity index (χ4n) is 1.81. The number of aryl methyl sites for hydroxylation is 1. The molecule has 2 aromatic rings. The second kappa shape index (κ2) is 5.75. The number of carbonyl (C=O) groups is 1. The Morgan fingerprint density at radius 2 is 2.21 bits per heavy atom. The zero-order valence-electron chi connectivity index (χ0n) is 10.9. The number of rotatable bonds is 4. The number of anilines is 2. The van der Waals surface area contributed by atoms with E-state index in [0.29, 0.717) is 22.0 Å². The molecule has 0 radical (unpaired) electrons. The zero-order chi connectivity index (χ0) is 13.8. The van der Waals surface area contributed by atoms with Crippen LogP contribution in [-0.2, 0) is 6.42 Å². The molecule has 0 fully saturated rings. The van der Waals surface area contributed by atoms with Crippen LogP contribution in [0, 0.1) is 0 Å². The van der Waals surface area contributed by atoms with Gasteiger partial charge in [0.2, 0.25) is 0 Å². The summed E-state index contributed by atoms with van der Waals surface area (Å²) in [4.78, 5) is 12.7. The van der Waals surface area contributed by atoms with E-state index >= 15 is 0 Å². The Balaban J connectivity index is 2.17. The van der Waals surface area contributed by atoms with Gasteiger partial charge in [-0.3, -0.25) is 4.79 Å². The van der Waals surface area contributed by atoms with Gasteiger partial charge in [0.1, 0.15) is 10.6 Å².